The number of carbonyl (C=O) groups is 4. The molecule has 6 nitrogen and oxygen atoms in total. The Morgan fingerprint density at radius 2 is 0.909 bits per heavy atom. The van der Waals surface area contributed by atoms with Gasteiger partial charge >= 0.3 is 0 Å². The molecule has 2 aliphatic heterocycles. The minimum Gasteiger partial charge on any atom is -0.275 e. The Bertz CT molecular complexity index is 426. The molecule has 0 N–H and O–H groups in total. The molecule has 0 saturated carbocycles. The summed E-state index contributed by atoms with van der Waals surface area (Å²) in [7, 11) is 0. The van der Waals surface area contributed by atoms with Crippen LogP contribution in [0.2, 0.25) is 0 Å². The van der Waals surface area contributed by atoms with E-state index in [-0.39, 0.29) is 23.6 Å². The van der Waals surface area contributed by atoms with Gasteiger partial charge in [0.05, 0.1) is 0 Å². The van der Waals surface area contributed by atoms with Crippen molar-refractivity contribution in [2.75, 3.05) is 13.1 Å². The van der Waals surface area contributed by atoms with E-state index in [0.29, 0.717) is 25.9 Å². The van der Waals surface area contributed by atoms with Crippen molar-refractivity contribution in [3.05, 3.63) is 24.3 Å². The van der Waals surface area contributed by atoms with Gasteiger partial charge in [0.2, 0.25) is 0 Å². The van der Waals surface area contributed by atoms with Gasteiger partial charge in [0.15, 0.2) is 0 Å². The van der Waals surface area contributed by atoms with E-state index in [1.165, 1.54) is 37.1 Å². The van der Waals surface area contributed by atoms with Gasteiger partial charge < -0.3 is 0 Å². The van der Waals surface area contributed by atoms with Crippen LogP contribution in [0.5, 0.6) is 0 Å². The van der Waals surface area contributed by atoms with E-state index in [0.717, 1.165) is 9.80 Å². The summed E-state index contributed by atoms with van der Waals surface area (Å²) in [5, 5.41) is 0. The first-order valence-electron chi connectivity index (χ1n) is 7.58. The normalized spacial score (nSPS) is 16.6. The zero-order chi connectivity index (χ0) is 16.5. The summed E-state index contributed by atoms with van der Waals surface area (Å²) < 4.78 is 0. The minimum absolute atomic E-state index is 0.310. The lowest BCUT2D eigenvalue weighted by Crippen LogP contribution is -2.33. The largest absolute Gasteiger partial charge is 0.275 e. The maximum atomic E-state index is 11.2. The second-order valence-corrected chi connectivity index (χ2v) is 5.03. The summed E-state index contributed by atoms with van der Waals surface area (Å²) >= 11 is 0. The molecule has 2 heterocycles. The molecule has 2 aliphatic rings. The Morgan fingerprint density at radius 3 is 1.14 bits per heavy atom. The summed E-state index contributed by atoms with van der Waals surface area (Å²) in [5.41, 5.74) is 0. The highest BCUT2D eigenvalue weighted by Crippen LogP contribution is 2.08. The molecule has 0 aliphatic carbocycles. The molecule has 0 aromatic heterocycles. The first-order valence-corrected chi connectivity index (χ1v) is 7.58. The van der Waals surface area contributed by atoms with Crippen molar-refractivity contribution in [1.82, 2.24) is 9.80 Å². The van der Waals surface area contributed by atoms with Gasteiger partial charge in [-0.3, -0.25) is 29.0 Å². The van der Waals surface area contributed by atoms with Crippen LogP contribution in [0.4, 0.5) is 0 Å². The summed E-state index contributed by atoms with van der Waals surface area (Å²) in [6, 6.07) is 0. The number of imide groups is 2. The second kappa shape index (κ2) is 8.92. The smallest absolute Gasteiger partial charge is 0.253 e. The van der Waals surface area contributed by atoms with Gasteiger partial charge in [0, 0.05) is 37.4 Å². The van der Waals surface area contributed by atoms with E-state index >= 15 is 0 Å². The highest BCUT2D eigenvalue weighted by atomic mass is 16.2. The molecule has 0 bridgehead atoms. The van der Waals surface area contributed by atoms with Crippen molar-refractivity contribution in [1.29, 1.82) is 0 Å². The molecule has 0 spiro atoms. The van der Waals surface area contributed by atoms with E-state index in [1.54, 1.807) is 0 Å². The summed E-state index contributed by atoms with van der Waals surface area (Å²) in [5.74, 6) is -1.24. The van der Waals surface area contributed by atoms with Crippen LogP contribution in [-0.2, 0) is 19.2 Å². The Morgan fingerprint density at radius 1 is 0.636 bits per heavy atom. The van der Waals surface area contributed by atoms with Crippen LogP contribution in [0.15, 0.2) is 24.3 Å². The zero-order valence-electron chi connectivity index (χ0n) is 13.1. The van der Waals surface area contributed by atoms with Crippen molar-refractivity contribution in [2.45, 2.75) is 39.5 Å². The lowest BCUT2D eigenvalue weighted by molar-refractivity contribution is -0.139. The predicted molar refractivity (Wildman–Crippen MR) is 81.5 cm³/mol. The number of carbonyl (C=O) groups excluding carboxylic acids is 4. The molecule has 22 heavy (non-hydrogen) atoms. The maximum Gasteiger partial charge on any atom is 0.253 e. The van der Waals surface area contributed by atoms with E-state index in [9.17, 15) is 19.2 Å². The van der Waals surface area contributed by atoms with Gasteiger partial charge in [-0.05, 0) is 12.8 Å². The highest BCUT2D eigenvalue weighted by Gasteiger charge is 2.24. The third-order valence-corrected chi connectivity index (χ3v) is 3.31. The lowest BCUT2D eigenvalue weighted by atomic mass is 10.2. The van der Waals surface area contributed by atoms with Gasteiger partial charge in [-0.25, -0.2) is 0 Å². The number of rotatable bonds is 6. The van der Waals surface area contributed by atoms with Gasteiger partial charge in [-0.2, -0.15) is 0 Å². The van der Waals surface area contributed by atoms with E-state index in [2.05, 4.69) is 13.8 Å². The van der Waals surface area contributed by atoms with E-state index < -0.39 is 0 Å². The lowest BCUT2D eigenvalue weighted by Gasteiger charge is -2.16. The number of hydrogen-bond acceptors (Lipinski definition) is 4. The Labute approximate surface area is 130 Å². The van der Waals surface area contributed by atoms with Gasteiger partial charge in [-0.15, -0.1) is 0 Å². The monoisotopic (exact) mass is 306 g/mol. The van der Waals surface area contributed by atoms with Crippen LogP contribution in [0.25, 0.3) is 0 Å². The number of nitrogens with zero attached hydrogens (tertiary/aromatic N) is 2. The van der Waals surface area contributed by atoms with Crippen molar-refractivity contribution in [2.24, 2.45) is 0 Å². The third-order valence-electron chi connectivity index (χ3n) is 3.31. The fourth-order valence-corrected chi connectivity index (χ4v) is 1.84. The molecule has 0 aromatic carbocycles. The predicted octanol–water partition coefficient (Wildman–Crippen LogP) is 1.42. The first-order chi connectivity index (χ1) is 10.5. The molecule has 4 amide bonds. The van der Waals surface area contributed by atoms with Crippen LogP contribution in [0.1, 0.15) is 39.5 Å². The van der Waals surface area contributed by atoms with Crippen molar-refractivity contribution >= 4 is 23.6 Å². The molecule has 120 valence electrons. The molecule has 0 fully saturated rings. The zero-order valence-corrected chi connectivity index (χ0v) is 13.1. The third kappa shape index (κ3) is 4.95. The average molecular weight is 306 g/mol. The fourth-order valence-electron chi connectivity index (χ4n) is 1.84. The summed E-state index contributed by atoms with van der Waals surface area (Å²) in [6.07, 6.45) is 8.71. The summed E-state index contributed by atoms with van der Waals surface area (Å²) in [4.78, 5) is 47.2. The molecule has 0 unspecified atom stereocenters. The van der Waals surface area contributed by atoms with E-state index in [1.807, 2.05) is 0 Å². The standard InChI is InChI=1S/C12H12N2O4.C4H10/c15-9-3-4-10(16)13(9)7-1-2-8-14-11(17)5-6-12(14)18;1-3-4-2/h3-6H,1-2,7-8H2;3-4H2,1-2H3. The minimum atomic E-state index is -0.310. The van der Waals surface area contributed by atoms with Crippen LogP contribution in [0.3, 0.4) is 0 Å². The van der Waals surface area contributed by atoms with Gasteiger partial charge in [-0.1, -0.05) is 26.7 Å². The van der Waals surface area contributed by atoms with Crippen molar-refractivity contribution in [3.8, 4) is 0 Å². The number of amides is 4. The molecule has 0 aromatic rings. The van der Waals surface area contributed by atoms with Crippen LogP contribution >= 0.6 is 0 Å². The Kier molecular flexibility index (Phi) is 7.22. The number of unbranched alkanes of at least 4 members (excludes halogenated alkanes) is 2. The second-order valence-electron chi connectivity index (χ2n) is 5.03. The molecule has 0 saturated heterocycles. The van der Waals surface area contributed by atoms with Gasteiger partial charge in [0.1, 0.15) is 0 Å². The van der Waals surface area contributed by atoms with Gasteiger partial charge in [0.25, 0.3) is 23.6 Å². The van der Waals surface area contributed by atoms with E-state index in [4.69, 9.17) is 0 Å². The van der Waals surface area contributed by atoms with Crippen molar-refractivity contribution in [3.63, 3.8) is 0 Å². The molecular formula is C16H22N2O4. The molecule has 0 atom stereocenters. The number of hydrogen-bond donors (Lipinski definition) is 0. The molecule has 6 heteroatoms. The Balaban J connectivity index is 0.000000541. The first kappa shape index (κ1) is 17.8. The van der Waals surface area contributed by atoms with Crippen LogP contribution < -0.4 is 0 Å². The SMILES string of the molecule is CCCC.O=C1C=CC(=O)N1CCCCN1C(=O)C=CC1=O. The fraction of sp³-hybridized carbons (Fsp3) is 0.500. The molecule has 0 radical (unpaired) electrons. The van der Waals surface area contributed by atoms with Crippen LogP contribution in [-0.4, -0.2) is 46.5 Å². The van der Waals surface area contributed by atoms with Crippen molar-refractivity contribution < 1.29 is 19.2 Å². The highest BCUT2D eigenvalue weighted by molar-refractivity contribution is 6.13. The molecule has 2 rings (SSSR count). The average Bonchev–Trinajstić information content (AvgIpc) is 3.00. The topological polar surface area (TPSA) is 74.8 Å². The summed E-state index contributed by atoms with van der Waals surface area (Å²) in [6.45, 7) is 4.99. The maximum absolute atomic E-state index is 11.2. The van der Waals surface area contributed by atoms with Crippen LogP contribution in [0, 0.1) is 0 Å². The molecular weight excluding hydrogens is 284 g/mol. The quantitative estimate of drug-likeness (QED) is 0.549. The Hall–Kier alpha value is -2.24.